The van der Waals surface area contributed by atoms with Crippen LogP contribution in [0.5, 0.6) is 5.75 Å². The van der Waals surface area contributed by atoms with Crippen LogP contribution in [0.3, 0.4) is 0 Å². The van der Waals surface area contributed by atoms with Gasteiger partial charge in [0.05, 0.1) is 18.8 Å². The molecule has 2 aromatic rings. The lowest BCUT2D eigenvalue weighted by molar-refractivity contribution is -0.121. The number of nitrogens with one attached hydrogen (secondary N) is 1. The quantitative estimate of drug-likeness (QED) is 0.789. The number of rotatable bonds is 7. The van der Waals surface area contributed by atoms with E-state index in [1.165, 1.54) is 4.88 Å². The highest BCUT2D eigenvalue weighted by molar-refractivity contribution is 7.10. The Morgan fingerprint density at radius 3 is 2.56 bits per heavy atom. The van der Waals surface area contributed by atoms with Gasteiger partial charge in [0.1, 0.15) is 5.75 Å². The molecule has 2 atom stereocenters. The van der Waals surface area contributed by atoms with Crippen molar-refractivity contribution in [2.24, 2.45) is 0 Å². The first-order valence-corrected chi connectivity index (χ1v) is 10.5. The van der Waals surface area contributed by atoms with Gasteiger partial charge in [-0.2, -0.15) is 0 Å². The molecule has 1 aliphatic heterocycles. The number of thiophene rings is 1. The first-order valence-electron chi connectivity index (χ1n) is 9.58. The molecule has 3 rings (SSSR count). The summed E-state index contributed by atoms with van der Waals surface area (Å²) < 4.78 is 5.52. The third kappa shape index (κ3) is 4.62. The molecule has 2 unspecified atom stereocenters. The number of hydrogen-bond acceptors (Lipinski definition) is 5. The predicted molar refractivity (Wildman–Crippen MR) is 112 cm³/mol. The maximum atomic E-state index is 11.9. The monoisotopic (exact) mass is 387 g/mol. The number of anilines is 1. The summed E-state index contributed by atoms with van der Waals surface area (Å²) in [5, 5.41) is 5.28. The predicted octanol–water partition coefficient (Wildman–Crippen LogP) is 3.53. The number of para-hydroxylation sites is 2. The highest BCUT2D eigenvalue weighted by atomic mass is 32.1. The fourth-order valence-electron chi connectivity index (χ4n) is 3.77. The second-order valence-corrected chi connectivity index (χ2v) is 7.84. The molecule has 1 aromatic carbocycles. The number of nitrogens with zero attached hydrogens (tertiary/aromatic N) is 2. The lowest BCUT2D eigenvalue weighted by atomic mass is 10.0. The molecule has 1 fully saturated rings. The minimum absolute atomic E-state index is 0.0777. The zero-order chi connectivity index (χ0) is 19.2. The molecule has 0 spiro atoms. The van der Waals surface area contributed by atoms with Crippen LogP contribution in [0.2, 0.25) is 0 Å². The number of carbonyl (C=O) groups excluding carboxylic acids is 1. The van der Waals surface area contributed by atoms with E-state index in [-0.39, 0.29) is 18.0 Å². The van der Waals surface area contributed by atoms with Gasteiger partial charge in [-0.3, -0.25) is 9.69 Å². The van der Waals surface area contributed by atoms with Crippen LogP contribution in [0, 0.1) is 0 Å². The van der Waals surface area contributed by atoms with E-state index in [2.05, 4.69) is 51.7 Å². The van der Waals surface area contributed by atoms with Crippen molar-refractivity contribution in [1.82, 2.24) is 10.2 Å². The van der Waals surface area contributed by atoms with Gasteiger partial charge in [-0.1, -0.05) is 25.1 Å². The second-order valence-electron chi connectivity index (χ2n) is 6.86. The molecular weight excluding hydrogens is 358 g/mol. The van der Waals surface area contributed by atoms with Gasteiger partial charge in [-0.25, -0.2) is 0 Å². The van der Waals surface area contributed by atoms with Crippen LogP contribution < -0.4 is 15.0 Å². The van der Waals surface area contributed by atoms with Crippen LogP contribution >= 0.6 is 11.3 Å². The molecule has 1 aromatic heterocycles. The number of amides is 1. The fourth-order valence-corrected chi connectivity index (χ4v) is 4.73. The average molecular weight is 388 g/mol. The van der Waals surface area contributed by atoms with Gasteiger partial charge in [0.25, 0.3) is 0 Å². The Kier molecular flexibility index (Phi) is 6.74. The smallest absolute Gasteiger partial charge is 0.219 e. The maximum absolute atomic E-state index is 11.9. The van der Waals surface area contributed by atoms with Gasteiger partial charge in [0.15, 0.2) is 0 Å². The molecule has 0 bridgehead atoms. The fraction of sp³-hybridized carbons (Fsp3) is 0.476. The zero-order valence-electron chi connectivity index (χ0n) is 16.4. The Hall–Kier alpha value is -2.05. The summed E-state index contributed by atoms with van der Waals surface area (Å²) >= 11 is 1.76. The molecule has 6 heteroatoms. The van der Waals surface area contributed by atoms with E-state index in [4.69, 9.17) is 4.74 Å². The largest absolute Gasteiger partial charge is 0.495 e. The highest BCUT2D eigenvalue weighted by Gasteiger charge is 2.31. The molecule has 1 N–H and O–H groups in total. The Balaban J connectivity index is 1.72. The first-order chi connectivity index (χ1) is 13.1. The van der Waals surface area contributed by atoms with Gasteiger partial charge >= 0.3 is 0 Å². The van der Waals surface area contributed by atoms with Crippen LogP contribution in [-0.4, -0.2) is 50.1 Å². The normalized spacial score (nSPS) is 17.4. The Labute approximate surface area is 165 Å². The van der Waals surface area contributed by atoms with Crippen molar-refractivity contribution in [3.05, 3.63) is 46.7 Å². The SMILES string of the molecule is CCC(=O)NC(C)C(c1cccs1)N1CCN(c2ccccc2OC)CC1. The maximum Gasteiger partial charge on any atom is 0.219 e. The van der Waals surface area contributed by atoms with Gasteiger partial charge in [0.2, 0.25) is 5.91 Å². The van der Waals surface area contributed by atoms with Crippen LogP contribution in [0.1, 0.15) is 31.2 Å². The molecular formula is C21H29N3O2S. The van der Waals surface area contributed by atoms with Gasteiger partial charge in [-0.05, 0) is 30.5 Å². The Morgan fingerprint density at radius 2 is 1.93 bits per heavy atom. The van der Waals surface area contributed by atoms with Crippen LogP contribution in [0.4, 0.5) is 5.69 Å². The van der Waals surface area contributed by atoms with Crippen molar-refractivity contribution in [3.8, 4) is 5.75 Å². The molecule has 2 heterocycles. The van der Waals surface area contributed by atoms with Crippen molar-refractivity contribution in [2.45, 2.75) is 32.4 Å². The molecule has 1 saturated heterocycles. The van der Waals surface area contributed by atoms with E-state index in [1.54, 1.807) is 18.4 Å². The summed E-state index contributed by atoms with van der Waals surface area (Å²) in [6.45, 7) is 7.80. The van der Waals surface area contributed by atoms with Gasteiger partial charge in [0, 0.05) is 43.5 Å². The van der Waals surface area contributed by atoms with E-state index in [9.17, 15) is 4.79 Å². The summed E-state index contributed by atoms with van der Waals surface area (Å²) in [4.78, 5) is 18.1. The van der Waals surface area contributed by atoms with Gasteiger partial charge < -0.3 is 15.0 Å². The third-order valence-electron chi connectivity index (χ3n) is 5.15. The van der Waals surface area contributed by atoms with Crippen molar-refractivity contribution in [2.75, 3.05) is 38.2 Å². The van der Waals surface area contributed by atoms with E-state index < -0.39 is 0 Å². The molecule has 146 valence electrons. The Bertz CT molecular complexity index is 727. The minimum atomic E-state index is 0.0777. The number of benzene rings is 1. The van der Waals surface area contributed by atoms with Crippen LogP contribution in [0.25, 0.3) is 0 Å². The van der Waals surface area contributed by atoms with Crippen molar-refractivity contribution in [3.63, 3.8) is 0 Å². The van der Waals surface area contributed by atoms with Crippen LogP contribution in [0.15, 0.2) is 41.8 Å². The summed E-state index contributed by atoms with van der Waals surface area (Å²) in [7, 11) is 1.72. The number of hydrogen-bond donors (Lipinski definition) is 1. The molecule has 0 saturated carbocycles. The summed E-state index contributed by atoms with van der Waals surface area (Å²) in [6, 6.07) is 12.7. The van der Waals surface area contributed by atoms with Crippen molar-refractivity contribution >= 4 is 22.9 Å². The summed E-state index contributed by atoms with van der Waals surface area (Å²) in [5.74, 6) is 1.03. The number of ether oxygens (including phenoxy) is 1. The number of piperazine rings is 1. The number of methoxy groups -OCH3 is 1. The third-order valence-corrected chi connectivity index (χ3v) is 6.09. The molecule has 5 nitrogen and oxygen atoms in total. The molecule has 0 aliphatic carbocycles. The van der Waals surface area contributed by atoms with E-state index >= 15 is 0 Å². The standard InChI is InChI=1S/C21H29N3O2S/c1-4-20(25)22-16(2)21(19-10-7-15-27-19)24-13-11-23(12-14-24)17-8-5-6-9-18(17)26-3/h5-10,15-16,21H,4,11-14H2,1-3H3,(H,22,25). The lowest BCUT2D eigenvalue weighted by Gasteiger charge is -2.42. The van der Waals surface area contributed by atoms with Crippen LogP contribution in [-0.2, 0) is 4.79 Å². The molecule has 1 aliphatic rings. The average Bonchev–Trinajstić information content (AvgIpc) is 3.22. The zero-order valence-corrected chi connectivity index (χ0v) is 17.2. The summed E-state index contributed by atoms with van der Waals surface area (Å²) in [5.41, 5.74) is 1.15. The number of carbonyl (C=O) groups is 1. The summed E-state index contributed by atoms with van der Waals surface area (Å²) in [6.07, 6.45) is 0.517. The molecule has 1 amide bonds. The first kappa shape index (κ1) is 19.7. The Morgan fingerprint density at radius 1 is 1.19 bits per heavy atom. The molecule has 27 heavy (non-hydrogen) atoms. The van der Waals surface area contributed by atoms with E-state index in [0.29, 0.717) is 6.42 Å². The second kappa shape index (κ2) is 9.24. The highest BCUT2D eigenvalue weighted by Crippen LogP contribution is 2.32. The molecule has 0 radical (unpaired) electrons. The van der Waals surface area contributed by atoms with E-state index in [0.717, 1.165) is 37.6 Å². The van der Waals surface area contributed by atoms with Crippen molar-refractivity contribution < 1.29 is 9.53 Å². The van der Waals surface area contributed by atoms with E-state index in [1.807, 2.05) is 19.1 Å². The van der Waals surface area contributed by atoms with Gasteiger partial charge in [-0.15, -0.1) is 11.3 Å². The van der Waals surface area contributed by atoms with Crippen molar-refractivity contribution in [1.29, 1.82) is 0 Å². The topological polar surface area (TPSA) is 44.8 Å². The minimum Gasteiger partial charge on any atom is -0.495 e. The lowest BCUT2D eigenvalue weighted by Crippen LogP contribution is -2.52.